The van der Waals surface area contributed by atoms with E-state index in [1.165, 1.54) is 12.8 Å². The maximum Gasteiger partial charge on any atom is 0.303 e. The van der Waals surface area contributed by atoms with Gasteiger partial charge in [0.25, 0.3) is 0 Å². The first-order chi connectivity index (χ1) is 8.11. The van der Waals surface area contributed by atoms with Crippen LogP contribution in [-0.2, 0) is 9.59 Å². The highest BCUT2D eigenvalue weighted by Gasteiger charge is 2.21. The van der Waals surface area contributed by atoms with Gasteiger partial charge in [-0.3, -0.25) is 9.59 Å². The maximum atomic E-state index is 11.5. The van der Waals surface area contributed by atoms with Crippen LogP contribution in [0.5, 0.6) is 0 Å². The molecular weight excluding hydrogens is 238 g/mol. The first kappa shape index (κ1) is 14.4. The van der Waals surface area contributed by atoms with Crippen molar-refractivity contribution in [3.63, 3.8) is 0 Å². The SMILES string of the molecule is CSC1CCC(NC(=O)CCCC(=O)O)CC1. The molecule has 17 heavy (non-hydrogen) atoms. The van der Waals surface area contributed by atoms with Crippen molar-refractivity contribution in [1.29, 1.82) is 0 Å². The van der Waals surface area contributed by atoms with E-state index in [1.54, 1.807) is 0 Å². The highest BCUT2D eigenvalue weighted by Crippen LogP contribution is 2.26. The Morgan fingerprint density at radius 3 is 2.41 bits per heavy atom. The Labute approximate surface area is 107 Å². The second-order valence-corrected chi connectivity index (χ2v) is 5.66. The van der Waals surface area contributed by atoms with Crippen LogP contribution in [0.1, 0.15) is 44.9 Å². The van der Waals surface area contributed by atoms with Gasteiger partial charge in [0.2, 0.25) is 5.91 Å². The summed E-state index contributed by atoms with van der Waals surface area (Å²) in [7, 11) is 0. The van der Waals surface area contributed by atoms with Gasteiger partial charge in [-0.2, -0.15) is 11.8 Å². The Hall–Kier alpha value is -0.710. The van der Waals surface area contributed by atoms with Crippen molar-refractivity contribution in [3.8, 4) is 0 Å². The monoisotopic (exact) mass is 259 g/mol. The van der Waals surface area contributed by atoms with Gasteiger partial charge in [0.1, 0.15) is 0 Å². The fraction of sp³-hybridized carbons (Fsp3) is 0.833. The second-order valence-electron chi connectivity index (χ2n) is 4.52. The number of hydrogen-bond donors (Lipinski definition) is 2. The molecule has 0 aromatic heterocycles. The standard InChI is InChI=1S/C12H21NO3S/c1-17-10-7-5-9(6-8-10)13-11(14)3-2-4-12(15)16/h9-10H,2-8H2,1H3,(H,13,14)(H,15,16). The Bertz CT molecular complexity index is 262. The molecule has 0 saturated heterocycles. The van der Waals surface area contributed by atoms with Crippen molar-refractivity contribution >= 4 is 23.6 Å². The molecule has 0 aromatic carbocycles. The predicted octanol–water partition coefficient (Wildman–Crippen LogP) is 2.03. The molecule has 0 radical (unpaired) electrons. The Morgan fingerprint density at radius 1 is 1.24 bits per heavy atom. The highest BCUT2D eigenvalue weighted by atomic mass is 32.2. The number of nitrogens with one attached hydrogen (secondary N) is 1. The maximum absolute atomic E-state index is 11.5. The van der Waals surface area contributed by atoms with E-state index in [2.05, 4.69) is 11.6 Å². The molecule has 1 amide bonds. The van der Waals surface area contributed by atoms with E-state index in [4.69, 9.17) is 5.11 Å². The molecule has 4 nitrogen and oxygen atoms in total. The zero-order valence-corrected chi connectivity index (χ0v) is 11.1. The van der Waals surface area contributed by atoms with E-state index < -0.39 is 5.97 Å². The van der Waals surface area contributed by atoms with Crippen LogP contribution >= 0.6 is 11.8 Å². The van der Waals surface area contributed by atoms with Crippen LogP contribution in [0.3, 0.4) is 0 Å². The molecule has 0 aliphatic heterocycles. The number of carbonyl (C=O) groups excluding carboxylic acids is 1. The molecular formula is C12H21NO3S. The molecule has 1 saturated carbocycles. The van der Waals surface area contributed by atoms with Crippen LogP contribution in [0.2, 0.25) is 0 Å². The van der Waals surface area contributed by atoms with Crippen molar-refractivity contribution in [1.82, 2.24) is 5.32 Å². The van der Waals surface area contributed by atoms with Gasteiger partial charge in [-0.25, -0.2) is 0 Å². The van der Waals surface area contributed by atoms with E-state index in [0.717, 1.165) is 18.1 Å². The third-order valence-corrected chi connectivity index (χ3v) is 4.31. The summed E-state index contributed by atoms with van der Waals surface area (Å²) in [5.74, 6) is -0.836. The Morgan fingerprint density at radius 2 is 1.88 bits per heavy atom. The molecule has 1 aliphatic rings. The lowest BCUT2D eigenvalue weighted by Gasteiger charge is -2.28. The first-order valence-corrected chi connectivity index (χ1v) is 7.44. The molecule has 0 atom stereocenters. The van der Waals surface area contributed by atoms with Gasteiger partial charge >= 0.3 is 5.97 Å². The third-order valence-electron chi connectivity index (χ3n) is 3.17. The minimum atomic E-state index is -0.835. The zero-order valence-electron chi connectivity index (χ0n) is 10.3. The lowest BCUT2D eigenvalue weighted by Crippen LogP contribution is -2.38. The molecule has 0 bridgehead atoms. The number of amides is 1. The summed E-state index contributed by atoms with van der Waals surface area (Å²) >= 11 is 1.91. The van der Waals surface area contributed by atoms with E-state index >= 15 is 0 Å². The molecule has 1 fully saturated rings. The van der Waals surface area contributed by atoms with Gasteiger partial charge < -0.3 is 10.4 Å². The fourth-order valence-corrected chi connectivity index (χ4v) is 2.89. The first-order valence-electron chi connectivity index (χ1n) is 6.15. The van der Waals surface area contributed by atoms with Crippen LogP contribution < -0.4 is 5.32 Å². The Kier molecular flexibility index (Phi) is 6.40. The number of hydrogen-bond acceptors (Lipinski definition) is 3. The average Bonchev–Trinajstić information content (AvgIpc) is 2.29. The van der Waals surface area contributed by atoms with Crippen molar-refractivity contribution in [2.45, 2.75) is 56.2 Å². The lowest BCUT2D eigenvalue weighted by atomic mass is 9.95. The second kappa shape index (κ2) is 7.58. The van der Waals surface area contributed by atoms with E-state index in [0.29, 0.717) is 18.9 Å². The number of carboxylic acids is 1. The van der Waals surface area contributed by atoms with Crippen LogP contribution in [0.4, 0.5) is 0 Å². The van der Waals surface area contributed by atoms with Crippen molar-refractivity contribution < 1.29 is 14.7 Å². The summed E-state index contributed by atoms with van der Waals surface area (Å²) in [5, 5.41) is 12.2. The quantitative estimate of drug-likeness (QED) is 0.766. The summed E-state index contributed by atoms with van der Waals surface area (Å²) in [6, 6.07) is 0.302. The van der Waals surface area contributed by atoms with E-state index in [1.807, 2.05) is 11.8 Å². The minimum absolute atomic E-state index is 0.00106. The largest absolute Gasteiger partial charge is 0.481 e. The molecule has 2 N–H and O–H groups in total. The number of carbonyl (C=O) groups is 2. The zero-order chi connectivity index (χ0) is 12.7. The lowest BCUT2D eigenvalue weighted by molar-refractivity contribution is -0.137. The van der Waals surface area contributed by atoms with Crippen molar-refractivity contribution in [2.24, 2.45) is 0 Å². The number of carboxylic acid groups (broad SMARTS) is 1. The van der Waals surface area contributed by atoms with Crippen LogP contribution in [0.25, 0.3) is 0 Å². The summed E-state index contributed by atoms with van der Waals surface area (Å²) in [6.07, 6.45) is 7.41. The van der Waals surface area contributed by atoms with Crippen LogP contribution in [0.15, 0.2) is 0 Å². The normalized spacial score (nSPS) is 24.3. The number of rotatable bonds is 6. The van der Waals surface area contributed by atoms with Gasteiger partial charge in [-0.1, -0.05) is 0 Å². The van der Waals surface area contributed by atoms with Crippen molar-refractivity contribution in [3.05, 3.63) is 0 Å². The number of thioether (sulfide) groups is 1. The fourth-order valence-electron chi connectivity index (χ4n) is 2.14. The smallest absolute Gasteiger partial charge is 0.303 e. The highest BCUT2D eigenvalue weighted by molar-refractivity contribution is 7.99. The summed E-state index contributed by atoms with van der Waals surface area (Å²) in [5.41, 5.74) is 0. The molecule has 0 spiro atoms. The Balaban J connectivity index is 2.12. The molecule has 0 unspecified atom stereocenters. The van der Waals surface area contributed by atoms with E-state index in [-0.39, 0.29) is 12.3 Å². The molecule has 0 aromatic rings. The van der Waals surface area contributed by atoms with Crippen LogP contribution in [-0.4, -0.2) is 34.5 Å². The topological polar surface area (TPSA) is 66.4 Å². The van der Waals surface area contributed by atoms with Crippen molar-refractivity contribution in [2.75, 3.05) is 6.26 Å². The summed E-state index contributed by atoms with van der Waals surface area (Å²) < 4.78 is 0. The molecule has 5 heteroatoms. The van der Waals surface area contributed by atoms with Gasteiger partial charge in [-0.05, 0) is 38.4 Å². The summed E-state index contributed by atoms with van der Waals surface area (Å²) in [4.78, 5) is 21.8. The summed E-state index contributed by atoms with van der Waals surface area (Å²) in [6.45, 7) is 0. The molecule has 98 valence electrons. The minimum Gasteiger partial charge on any atom is -0.481 e. The molecule has 0 heterocycles. The average molecular weight is 259 g/mol. The van der Waals surface area contributed by atoms with Gasteiger partial charge in [-0.15, -0.1) is 0 Å². The van der Waals surface area contributed by atoms with E-state index in [9.17, 15) is 9.59 Å². The predicted molar refractivity (Wildman–Crippen MR) is 69.2 cm³/mol. The van der Waals surface area contributed by atoms with Crippen LogP contribution in [0, 0.1) is 0 Å². The van der Waals surface area contributed by atoms with Gasteiger partial charge in [0.15, 0.2) is 0 Å². The molecule has 1 aliphatic carbocycles. The third kappa shape index (κ3) is 5.96. The van der Waals surface area contributed by atoms with Gasteiger partial charge in [0, 0.05) is 24.1 Å². The van der Waals surface area contributed by atoms with Gasteiger partial charge in [0.05, 0.1) is 0 Å². The number of aliphatic carboxylic acids is 1. The molecule has 1 rings (SSSR count).